The van der Waals surface area contributed by atoms with Gasteiger partial charge in [-0.2, -0.15) is 39.5 Å². The quantitative estimate of drug-likeness (QED) is 0.519. The molecule has 0 rings (SSSR count). The fraction of sp³-hybridized carbons (Fsp3) is 0.800. The van der Waals surface area contributed by atoms with Gasteiger partial charge >= 0.3 is 30.5 Å². The molecule has 0 aromatic rings. The normalized spacial score (nSPS) is 12.3. The van der Waals surface area contributed by atoms with Gasteiger partial charge in [-0.25, -0.2) is 8.78 Å². The van der Waals surface area contributed by atoms with Crippen LogP contribution in [0, 0.1) is 0 Å². The van der Waals surface area contributed by atoms with Crippen molar-refractivity contribution in [2.75, 3.05) is 13.2 Å². The number of halogens is 11. The van der Waals surface area contributed by atoms with Crippen molar-refractivity contribution in [3.8, 4) is 0 Å². The molecule has 0 aromatic heterocycles. The van der Waals surface area contributed by atoms with Crippen LogP contribution >= 0.6 is 0 Å². The first-order chi connectivity index (χ1) is 10.9. The summed E-state index contributed by atoms with van der Waals surface area (Å²) in [6.45, 7) is -3.82. The van der Waals surface area contributed by atoms with Crippen LogP contribution in [0.1, 0.15) is 12.8 Å². The van der Waals surface area contributed by atoms with E-state index in [9.17, 15) is 57.9 Å². The molecule has 0 aliphatic rings. The Labute approximate surface area is 131 Å². The maximum absolute atomic E-state index is 11.3. The Morgan fingerprint density at radius 2 is 1.04 bits per heavy atom. The molecule has 0 spiro atoms. The summed E-state index contributed by atoms with van der Waals surface area (Å²) in [5.74, 6) is -3.49. The van der Waals surface area contributed by atoms with Crippen LogP contribution in [0.5, 0.6) is 0 Å². The van der Waals surface area contributed by atoms with E-state index in [2.05, 4.69) is 9.47 Å². The molecule has 0 saturated heterocycles. The van der Waals surface area contributed by atoms with Gasteiger partial charge in [-0.1, -0.05) is 0 Å². The van der Waals surface area contributed by atoms with Gasteiger partial charge < -0.3 is 9.47 Å². The summed E-state index contributed by atoms with van der Waals surface area (Å²) in [6.07, 6.45) is -20.6. The molecule has 0 unspecified atom stereocenters. The maximum Gasteiger partial charge on any atom is 0.422 e. The molecule has 0 atom stereocenters. The van der Waals surface area contributed by atoms with Gasteiger partial charge in [0.1, 0.15) is 12.8 Å². The second-order valence-corrected chi connectivity index (χ2v) is 3.94. The molecular weight excluding hydrogens is 393 g/mol. The number of esters is 2. The van der Waals surface area contributed by atoms with Gasteiger partial charge in [0.25, 0.3) is 0 Å². The van der Waals surface area contributed by atoms with Crippen molar-refractivity contribution in [1.29, 1.82) is 0 Å². The van der Waals surface area contributed by atoms with Gasteiger partial charge in [0, 0.05) is 0 Å². The molecule has 150 valence electrons. The van der Waals surface area contributed by atoms with Gasteiger partial charge in [-0.3, -0.25) is 9.59 Å². The molecule has 0 saturated carbocycles. The summed E-state index contributed by atoms with van der Waals surface area (Å²) in [5, 5.41) is 0. The predicted octanol–water partition coefficient (Wildman–Crippen LogP) is 3.79. The van der Waals surface area contributed by atoms with Crippen LogP contribution in [0.25, 0.3) is 0 Å². The average molecular weight is 402 g/mol. The lowest BCUT2D eigenvalue weighted by atomic mass is 10.4. The minimum absolute atomic E-state index is 1.31. The van der Waals surface area contributed by atoms with Crippen molar-refractivity contribution in [2.45, 2.75) is 37.8 Å². The van der Waals surface area contributed by atoms with E-state index >= 15 is 0 Å². The highest BCUT2D eigenvalue weighted by molar-refractivity contribution is 5.70. The number of carbonyl (C=O) groups is 2. The predicted molar refractivity (Wildman–Crippen MR) is 55.3 cm³/mol. The summed E-state index contributed by atoms with van der Waals surface area (Å²) in [6, 6.07) is 0. The Balaban J connectivity index is 0. The van der Waals surface area contributed by atoms with Crippen molar-refractivity contribution in [2.24, 2.45) is 0 Å². The van der Waals surface area contributed by atoms with Gasteiger partial charge in [-0.05, 0) is 0 Å². The third-order valence-corrected chi connectivity index (χ3v) is 1.46. The fourth-order valence-corrected chi connectivity index (χ4v) is 0.724. The molecule has 0 aliphatic heterocycles. The summed E-state index contributed by atoms with van der Waals surface area (Å²) in [5.41, 5.74) is 0. The van der Waals surface area contributed by atoms with Gasteiger partial charge in [-0.15, -0.1) is 0 Å². The first-order valence-electron chi connectivity index (χ1n) is 5.71. The number of carbonyl (C=O) groups excluding carboxylic acids is 2. The smallest absolute Gasteiger partial charge is 0.422 e. The van der Waals surface area contributed by atoms with Gasteiger partial charge in [0.05, 0.1) is 0 Å². The third-order valence-electron chi connectivity index (χ3n) is 1.46. The number of hydrogen-bond acceptors (Lipinski definition) is 4. The molecule has 0 amide bonds. The first-order valence-corrected chi connectivity index (χ1v) is 5.71. The lowest BCUT2D eigenvalue weighted by molar-refractivity contribution is -0.198. The SMILES string of the molecule is O=C(CC(F)(F)F)OCC(F)(F)F.O=C(CC(F)F)OCC(F)(F)F. The van der Waals surface area contributed by atoms with Crippen molar-refractivity contribution < 1.29 is 67.4 Å². The number of alkyl halides is 11. The van der Waals surface area contributed by atoms with E-state index in [1.165, 1.54) is 0 Å². The molecule has 4 nitrogen and oxygen atoms in total. The lowest BCUT2D eigenvalue weighted by Gasteiger charge is -2.08. The average Bonchev–Trinajstić information content (AvgIpc) is 2.30. The van der Waals surface area contributed by atoms with Crippen molar-refractivity contribution in [3.63, 3.8) is 0 Å². The Morgan fingerprint density at radius 3 is 1.32 bits per heavy atom. The van der Waals surface area contributed by atoms with Gasteiger partial charge in [0.15, 0.2) is 13.2 Å². The maximum atomic E-state index is 11.3. The third kappa shape index (κ3) is 24.5. The topological polar surface area (TPSA) is 52.6 Å². The Bertz CT molecular complexity index is 411. The number of ether oxygens (including phenoxy) is 2. The minimum atomic E-state index is -4.84. The van der Waals surface area contributed by atoms with Crippen molar-refractivity contribution in [3.05, 3.63) is 0 Å². The molecule has 0 bridgehead atoms. The molecule has 0 heterocycles. The van der Waals surface area contributed by atoms with Crippen LogP contribution in [-0.4, -0.2) is 50.1 Å². The molecule has 0 fully saturated rings. The van der Waals surface area contributed by atoms with Crippen LogP contribution in [-0.2, 0) is 19.1 Å². The largest absolute Gasteiger partial charge is 0.456 e. The van der Waals surface area contributed by atoms with Crippen molar-refractivity contribution >= 4 is 11.9 Å². The first kappa shape index (κ1) is 25.4. The molecule has 0 aromatic carbocycles. The molecule has 0 aliphatic carbocycles. The number of hydrogen-bond donors (Lipinski definition) is 0. The molecule has 25 heavy (non-hydrogen) atoms. The van der Waals surface area contributed by atoms with E-state index in [4.69, 9.17) is 0 Å². The van der Waals surface area contributed by atoms with Crippen LogP contribution in [0.4, 0.5) is 48.3 Å². The Morgan fingerprint density at radius 1 is 0.680 bits per heavy atom. The summed E-state index contributed by atoms with van der Waals surface area (Å²) >= 11 is 0. The number of rotatable bonds is 5. The standard InChI is InChI=1S/C5H4F6O2.C5H5F5O2/c6-4(7,8)1-3(12)13-2-5(9,10)11;6-3(7)1-4(11)12-2-5(8,9)10/h1-2H2;3H,1-2H2. The van der Waals surface area contributed by atoms with Crippen LogP contribution in [0.15, 0.2) is 0 Å². The summed E-state index contributed by atoms with van der Waals surface area (Å²) in [4.78, 5) is 20.2. The molecule has 15 heteroatoms. The highest BCUT2D eigenvalue weighted by atomic mass is 19.4. The van der Waals surface area contributed by atoms with E-state index in [0.29, 0.717) is 0 Å². The monoisotopic (exact) mass is 402 g/mol. The van der Waals surface area contributed by atoms with E-state index in [0.717, 1.165) is 0 Å². The zero-order chi connectivity index (χ0) is 20.5. The fourth-order valence-electron chi connectivity index (χ4n) is 0.724. The second kappa shape index (κ2) is 10.2. The molecule has 0 radical (unpaired) electrons. The molecule has 0 N–H and O–H groups in total. The lowest BCUT2D eigenvalue weighted by Crippen LogP contribution is -2.23. The summed E-state index contributed by atoms with van der Waals surface area (Å²) < 4.78 is 131. The highest BCUT2D eigenvalue weighted by Crippen LogP contribution is 2.21. The summed E-state index contributed by atoms with van der Waals surface area (Å²) in [7, 11) is 0. The second-order valence-electron chi connectivity index (χ2n) is 3.94. The Kier molecular flexibility index (Phi) is 10.4. The van der Waals surface area contributed by atoms with Crippen LogP contribution in [0.2, 0.25) is 0 Å². The van der Waals surface area contributed by atoms with Gasteiger partial charge in [0.2, 0.25) is 6.43 Å². The van der Waals surface area contributed by atoms with Crippen LogP contribution < -0.4 is 0 Å². The zero-order valence-electron chi connectivity index (χ0n) is 11.7. The van der Waals surface area contributed by atoms with E-state index in [1.807, 2.05) is 0 Å². The minimum Gasteiger partial charge on any atom is -0.456 e. The highest BCUT2D eigenvalue weighted by Gasteiger charge is 2.35. The molecular formula is C10H9F11O4. The van der Waals surface area contributed by atoms with E-state index in [1.54, 1.807) is 0 Å². The Hall–Kier alpha value is -1.83. The van der Waals surface area contributed by atoms with Crippen molar-refractivity contribution in [1.82, 2.24) is 0 Å². The zero-order valence-corrected chi connectivity index (χ0v) is 11.7. The van der Waals surface area contributed by atoms with E-state index < -0.39 is 62.9 Å². The van der Waals surface area contributed by atoms with E-state index in [-0.39, 0.29) is 0 Å². The van der Waals surface area contributed by atoms with Crippen LogP contribution in [0.3, 0.4) is 0 Å².